The van der Waals surface area contributed by atoms with E-state index in [4.69, 9.17) is 9.47 Å². The molecule has 4 aromatic rings. The van der Waals surface area contributed by atoms with Crippen LogP contribution in [0.3, 0.4) is 0 Å². The average molecular weight is 529 g/mol. The third kappa shape index (κ3) is 8.35. The molecule has 2 aliphatic heterocycles. The number of carbonyl (C=O) groups is 1. The minimum Gasteiger partial charge on any atom is -0.374 e. The molecule has 2 atom stereocenters. The first kappa shape index (κ1) is 26.8. The summed E-state index contributed by atoms with van der Waals surface area (Å²) in [6.07, 6.45) is 11.3. The van der Waals surface area contributed by atoms with E-state index in [0.29, 0.717) is 13.1 Å². The molecule has 9 nitrogen and oxygen atoms in total. The maximum atomic E-state index is 11.9. The number of benzene rings is 2. The molecule has 6 rings (SSSR count). The predicted molar refractivity (Wildman–Crippen MR) is 148 cm³/mol. The number of carbonyl (C=O) groups excluding carboxylic acids is 1. The van der Waals surface area contributed by atoms with Gasteiger partial charge in [-0.25, -0.2) is 9.97 Å². The van der Waals surface area contributed by atoms with Crippen molar-refractivity contribution in [2.45, 2.75) is 38.4 Å². The van der Waals surface area contributed by atoms with E-state index in [0.717, 1.165) is 44.9 Å². The first-order chi connectivity index (χ1) is 19.2. The molecule has 4 heterocycles. The van der Waals surface area contributed by atoms with Crippen molar-refractivity contribution in [3.05, 3.63) is 109 Å². The van der Waals surface area contributed by atoms with Gasteiger partial charge in [0.15, 0.2) is 0 Å². The molecule has 2 aliphatic rings. The second kappa shape index (κ2) is 13.8. The van der Waals surface area contributed by atoms with Crippen molar-refractivity contribution < 1.29 is 14.3 Å². The van der Waals surface area contributed by atoms with Crippen LogP contribution in [0.15, 0.2) is 98.1 Å². The van der Waals surface area contributed by atoms with E-state index in [1.807, 2.05) is 64.7 Å². The summed E-state index contributed by atoms with van der Waals surface area (Å²) >= 11 is 0. The first-order valence-electron chi connectivity index (χ1n) is 13.4. The molecule has 0 bridgehead atoms. The van der Waals surface area contributed by atoms with Gasteiger partial charge in [-0.2, -0.15) is 0 Å². The van der Waals surface area contributed by atoms with Crippen LogP contribution in [0.4, 0.5) is 0 Å². The van der Waals surface area contributed by atoms with Crippen molar-refractivity contribution >= 4 is 5.91 Å². The molecule has 204 valence electrons. The van der Waals surface area contributed by atoms with E-state index >= 15 is 0 Å². The van der Waals surface area contributed by atoms with Crippen LogP contribution in [0.5, 0.6) is 0 Å². The lowest BCUT2D eigenvalue weighted by Crippen LogP contribution is -2.47. The highest BCUT2D eigenvalue weighted by Gasteiger charge is 2.26. The zero-order valence-corrected chi connectivity index (χ0v) is 22.2. The highest BCUT2D eigenvalue weighted by Crippen LogP contribution is 2.14. The van der Waals surface area contributed by atoms with Crippen LogP contribution in [-0.2, 0) is 40.4 Å². The Bertz CT molecular complexity index is 1230. The van der Waals surface area contributed by atoms with Crippen molar-refractivity contribution in [2.24, 2.45) is 0 Å². The van der Waals surface area contributed by atoms with Gasteiger partial charge in [0.05, 0.1) is 44.6 Å². The van der Waals surface area contributed by atoms with Gasteiger partial charge < -0.3 is 23.5 Å². The van der Waals surface area contributed by atoms with Crippen LogP contribution in [0.1, 0.15) is 11.1 Å². The van der Waals surface area contributed by atoms with Gasteiger partial charge in [0.2, 0.25) is 5.91 Å². The van der Waals surface area contributed by atoms with Gasteiger partial charge in [0.25, 0.3) is 0 Å². The van der Waals surface area contributed by atoms with Crippen molar-refractivity contribution in [2.75, 3.05) is 32.8 Å². The Morgan fingerprint density at radius 3 is 1.92 bits per heavy atom. The van der Waals surface area contributed by atoms with E-state index in [1.54, 1.807) is 12.5 Å². The number of amides is 1. The monoisotopic (exact) mass is 528 g/mol. The Morgan fingerprint density at radius 2 is 1.33 bits per heavy atom. The van der Waals surface area contributed by atoms with Crippen molar-refractivity contribution in [1.29, 1.82) is 0 Å². The van der Waals surface area contributed by atoms with Crippen LogP contribution < -0.4 is 0 Å². The van der Waals surface area contributed by atoms with Gasteiger partial charge in [0, 0.05) is 57.5 Å². The third-order valence-corrected chi connectivity index (χ3v) is 6.85. The largest absolute Gasteiger partial charge is 0.374 e. The Labute approximate surface area is 229 Å². The standard InChI is InChI=1S/C15H17N3O2.C15H19N3O/c19-15-11-20-14(9-17-7-6-16-12-17)10-18(15)8-13-4-2-1-3-5-13;1-2-4-14(5-3-1)10-17-8-9-19-15(11-17)12-18-7-6-16-13-18/h1-7,12,14H,8-11H2;1-7,13,15H,8-12H2/t14-;15-/m10/s1. The quantitative estimate of drug-likeness (QED) is 0.350. The summed E-state index contributed by atoms with van der Waals surface area (Å²) in [5.74, 6) is 0.0516. The number of hydrogen-bond donors (Lipinski definition) is 0. The highest BCUT2D eigenvalue weighted by molar-refractivity contribution is 5.78. The number of nitrogens with zero attached hydrogens (tertiary/aromatic N) is 6. The van der Waals surface area contributed by atoms with Crippen LogP contribution in [-0.4, -0.2) is 79.9 Å². The number of morpholine rings is 2. The molecular formula is C30H36N6O3. The van der Waals surface area contributed by atoms with Gasteiger partial charge in [-0.05, 0) is 11.1 Å². The molecule has 2 saturated heterocycles. The van der Waals surface area contributed by atoms with E-state index in [1.165, 1.54) is 5.56 Å². The lowest BCUT2D eigenvalue weighted by molar-refractivity contribution is -0.150. The summed E-state index contributed by atoms with van der Waals surface area (Å²) in [7, 11) is 0. The molecule has 2 aromatic carbocycles. The number of imidazole rings is 2. The molecule has 9 heteroatoms. The van der Waals surface area contributed by atoms with Gasteiger partial charge in [-0.15, -0.1) is 0 Å². The Balaban J connectivity index is 0.000000158. The molecule has 2 aromatic heterocycles. The van der Waals surface area contributed by atoms with Crippen LogP contribution in [0.2, 0.25) is 0 Å². The topological polar surface area (TPSA) is 77.7 Å². The summed E-state index contributed by atoms with van der Waals surface area (Å²) in [6, 6.07) is 20.6. The minimum atomic E-state index is 0.0191. The van der Waals surface area contributed by atoms with Crippen molar-refractivity contribution in [3.63, 3.8) is 0 Å². The smallest absolute Gasteiger partial charge is 0.248 e. The molecule has 2 fully saturated rings. The fraction of sp³-hybridized carbons (Fsp3) is 0.367. The lowest BCUT2D eigenvalue weighted by atomic mass is 10.2. The van der Waals surface area contributed by atoms with Crippen molar-refractivity contribution in [3.8, 4) is 0 Å². The molecule has 0 radical (unpaired) electrons. The number of hydrogen-bond acceptors (Lipinski definition) is 6. The molecule has 0 spiro atoms. The third-order valence-electron chi connectivity index (χ3n) is 6.85. The van der Waals surface area contributed by atoms with E-state index in [9.17, 15) is 4.79 Å². The van der Waals surface area contributed by atoms with Crippen LogP contribution in [0.25, 0.3) is 0 Å². The minimum absolute atomic E-state index is 0.0191. The summed E-state index contributed by atoms with van der Waals surface area (Å²) in [4.78, 5) is 24.3. The number of aromatic nitrogens is 4. The fourth-order valence-corrected chi connectivity index (χ4v) is 4.88. The van der Waals surface area contributed by atoms with Gasteiger partial charge >= 0.3 is 0 Å². The highest BCUT2D eigenvalue weighted by atomic mass is 16.5. The van der Waals surface area contributed by atoms with E-state index in [-0.39, 0.29) is 24.7 Å². The number of rotatable bonds is 8. The van der Waals surface area contributed by atoms with Crippen molar-refractivity contribution in [1.82, 2.24) is 28.9 Å². The van der Waals surface area contributed by atoms with Gasteiger partial charge in [-0.3, -0.25) is 9.69 Å². The first-order valence-corrected chi connectivity index (χ1v) is 13.4. The molecule has 0 saturated carbocycles. The van der Waals surface area contributed by atoms with E-state index in [2.05, 4.69) is 49.8 Å². The lowest BCUT2D eigenvalue weighted by Gasteiger charge is -2.33. The molecule has 0 unspecified atom stereocenters. The van der Waals surface area contributed by atoms with E-state index < -0.39 is 0 Å². The van der Waals surface area contributed by atoms with Gasteiger partial charge in [0.1, 0.15) is 6.61 Å². The second-order valence-corrected chi connectivity index (χ2v) is 9.93. The van der Waals surface area contributed by atoms with Crippen LogP contribution >= 0.6 is 0 Å². The molecule has 1 amide bonds. The summed E-state index contributed by atoms with van der Waals surface area (Å²) < 4.78 is 15.5. The Morgan fingerprint density at radius 1 is 0.744 bits per heavy atom. The maximum Gasteiger partial charge on any atom is 0.248 e. The predicted octanol–water partition coefficient (Wildman–Crippen LogP) is 3.09. The van der Waals surface area contributed by atoms with Gasteiger partial charge in [-0.1, -0.05) is 60.7 Å². The number of ether oxygens (including phenoxy) is 2. The molecule has 0 N–H and O–H groups in total. The maximum absolute atomic E-state index is 11.9. The Hall–Kier alpha value is -3.79. The fourth-order valence-electron chi connectivity index (χ4n) is 4.88. The normalized spacial score (nSPS) is 19.9. The molecule has 0 aliphatic carbocycles. The summed E-state index contributed by atoms with van der Waals surface area (Å²) in [6.45, 7) is 6.82. The molecular weight excluding hydrogens is 492 g/mol. The molecule has 39 heavy (non-hydrogen) atoms. The summed E-state index contributed by atoms with van der Waals surface area (Å²) in [5, 5.41) is 0. The van der Waals surface area contributed by atoms with Crippen LogP contribution in [0, 0.1) is 0 Å². The SMILES string of the molecule is O=C1CO[C@H](Cn2ccnc2)CN1Cc1ccccc1.c1ccc(CN2CCO[C@H](Cn3ccnc3)C2)cc1. The Kier molecular flexibility index (Phi) is 9.51. The zero-order chi connectivity index (χ0) is 26.7. The average Bonchev–Trinajstić information content (AvgIpc) is 3.67. The summed E-state index contributed by atoms with van der Waals surface area (Å²) in [5.41, 5.74) is 2.51. The zero-order valence-electron chi connectivity index (χ0n) is 22.2. The second-order valence-electron chi connectivity index (χ2n) is 9.93.